The van der Waals surface area contributed by atoms with Gasteiger partial charge < -0.3 is 10.1 Å². The van der Waals surface area contributed by atoms with Gasteiger partial charge >= 0.3 is 0 Å². The van der Waals surface area contributed by atoms with Gasteiger partial charge in [0.15, 0.2) is 0 Å². The van der Waals surface area contributed by atoms with Crippen molar-refractivity contribution in [3.63, 3.8) is 0 Å². The molecule has 2 aromatic rings. The van der Waals surface area contributed by atoms with E-state index in [0.717, 1.165) is 25.4 Å². The largest absolute Gasteiger partial charge is 0.497 e. The number of ether oxygens (including phenoxy) is 1. The van der Waals surface area contributed by atoms with E-state index in [1.165, 1.54) is 29.8 Å². The van der Waals surface area contributed by atoms with Gasteiger partial charge in [-0.15, -0.1) is 11.3 Å². The Morgan fingerprint density at radius 2 is 2.17 bits per heavy atom. The molecule has 128 valence electrons. The van der Waals surface area contributed by atoms with Crippen LogP contribution in [0.15, 0.2) is 47.9 Å². The van der Waals surface area contributed by atoms with Gasteiger partial charge in [0.25, 0.3) is 0 Å². The van der Waals surface area contributed by atoms with Gasteiger partial charge in [0.05, 0.1) is 7.11 Å². The minimum Gasteiger partial charge on any atom is -0.497 e. The van der Waals surface area contributed by atoms with E-state index in [0.29, 0.717) is 6.04 Å². The summed E-state index contributed by atoms with van der Waals surface area (Å²) in [4.78, 5) is 4.04. The van der Waals surface area contributed by atoms with Crippen LogP contribution >= 0.6 is 11.3 Å². The van der Waals surface area contributed by atoms with Gasteiger partial charge in [-0.05, 0) is 48.5 Å². The first-order valence-corrected chi connectivity index (χ1v) is 9.50. The summed E-state index contributed by atoms with van der Waals surface area (Å²) in [5.74, 6) is 0.901. The Morgan fingerprint density at radius 3 is 2.92 bits per heavy atom. The minimum atomic E-state index is 0.597. The molecule has 4 heteroatoms. The molecule has 0 aliphatic carbocycles. The van der Waals surface area contributed by atoms with E-state index in [2.05, 4.69) is 52.0 Å². The van der Waals surface area contributed by atoms with E-state index in [1.807, 2.05) is 23.5 Å². The van der Waals surface area contributed by atoms with Crippen LogP contribution in [0.2, 0.25) is 0 Å². The summed E-state index contributed by atoms with van der Waals surface area (Å²) in [5, 5.41) is 5.84. The predicted octanol–water partition coefficient (Wildman–Crippen LogP) is 4.02. The lowest BCUT2D eigenvalue weighted by Crippen LogP contribution is -2.45. The van der Waals surface area contributed by atoms with Gasteiger partial charge in [-0.3, -0.25) is 4.90 Å². The molecule has 0 bridgehead atoms. The molecule has 0 radical (unpaired) electrons. The van der Waals surface area contributed by atoms with Crippen molar-refractivity contribution >= 4 is 17.4 Å². The van der Waals surface area contributed by atoms with Gasteiger partial charge in [0.2, 0.25) is 0 Å². The fraction of sp³-hybridized carbons (Fsp3) is 0.400. The van der Waals surface area contributed by atoms with Crippen molar-refractivity contribution in [3.05, 3.63) is 58.3 Å². The molecule has 24 heavy (non-hydrogen) atoms. The number of thiophene rings is 1. The number of methoxy groups -OCH3 is 1. The van der Waals surface area contributed by atoms with E-state index in [4.69, 9.17) is 4.74 Å². The molecule has 1 unspecified atom stereocenters. The fourth-order valence-corrected chi connectivity index (χ4v) is 3.88. The van der Waals surface area contributed by atoms with Crippen LogP contribution in [-0.4, -0.2) is 37.7 Å². The Bertz CT molecular complexity index is 622. The van der Waals surface area contributed by atoms with Crippen molar-refractivity contribution in [2.75, 3.05) is 26.7 Å². The zero-order valence-electron chi connectivity index (χ0n) is 14.3. The maximum absolute atomic E-state index is 5.18. The molecule has 1 aromatic heterocycles. The Morgan fingerprint density at radius 1 is 1.29 bits per heavy atom. The highest BCUT2D eigenvalue weighted by Crippen LogP contribution is 2.17. The third-order valence-corrected chi connectivity index (χ3v) is 5.28. The van der Waals surface area contributed by atoms with Crippen molar-refractivity contribution in [2.45, 2.75) is 25.4 Å². The Labute approximate surface area is 149 Å². The zero-order chi connectivity index (χ0) is 16.6. The van der Waals surface area contributed by atoms with Gasteiger partial charge in [-0.2, -0.15) is 0 Å². The minimum absolute atomic E-state index is 0.597. The maximum Gasteiger partial charge on any atom is 0.118 e. The second-order valence-electron chi connectivity index (χ2n) is 6.24. The molecule has 1 fully saturated rings. The lowest BCUT2D eigenvalue weighted by molar-refractivity contribution is 0.187. The highest BCUT2D eigenvalue weighted by atomic mass is 32.1. The quantitative estimate of drug-likeness (QED) is 0.822. The van der Waals surface area contributed by atoms with Crippen molar-refractivity contribution < 1.29 is 4.74 Å². The molecule has 3 nitrogen and oxygen atoms in total. The van der Waals surface area contributed by atoms with Gasteiger partial charge in [0, 0.05) is 30.6 Å². The molecule has 0 saturated carbocycles. The maximum atomic E-state index is 5.18. The molecule has 1 aliphatic rings. The third-order valence-electron chi connectivity index (χ3n) is 4.42. The number of hydrogen-bond acceptors (Lipinski definition) is 4. The van der Waals surface area contributed by atoms with Crippen LogP contribution < -0.4 is 10.1 Å². The SMILES string of the molecule is COc1ccc(C=CCNC2CCCN(Cc3cccs3)C2)cc1. The summed E-state index contributed by atoms with van der Waals surface area (Å²) < 4.78 is 5.18. The molecule has 1 atom stereocenters. The van der Waals surface area contributed by atoms with Crippen LogP contribution in [0.4, 0.5) is 0 Å². The number of piperidine rings is 1. The molecule has 1 aliphatic heterocycles. The van der Waals surface area contributed by atoms with Crippen LogP contribution in [0.3, 0.4) is 0 Å². The van der Waals surface area contributed by atoms with Crippen LogP contribution in [-0.2, 0) is 6.54 Å². The summed E-state index contributed by atoms with van der Waals surface area (Å²) in [6, 6.07) is 13.1. The van der Waals surface area contributed by atoms with E-state index >= 15 is 0 Å². The van der Waals surface area contributed by atoms with Crippen molar-refractivity contribution in [1.29, 1.82) is 0 Å². The molecule has 1 saturated heterocycles. The summed E-state index contributed by atoms with van der Waals surface area (Å²) in [5.41, 5.74) is 1.21. The second kappa shape index (κ2) is 9.02. The smallest absolute Gasteiger partial charge is 0.118 e. The summed E-state index contributed by atoms with van der Waals surface area (Å²) in [7, 11) is 1.70. The molecule has 0 spiro atoms. The Kier molecular flexibility index (Phi) is 6.47. The summed E-state index contributed by atoms with van der Waals surface area (Å²) in [6.07, 6.45) is 6.93. The standard InChI is InChI=1S/C20H26N2OS/c1-23-19-10-8-17(9-11-19)5-2-12-21-18-6-3-13-22(15-18)16-20-7-4-14-24-20/h2,4-5,7-11,14,18,21H,3,6,12-13,15-16H2,1H3. The van der Waals surface area contributed by atoms with Crippen molar-refractivity contribution in [1.82, 2.24) is 10.2 Å². The number of nitrogens with one attached hydrogen (secondary N) is 1. The third kappa shape index (κ3) is 5.20. The Balaban J connectivity index is 1.41. The first-order valence-electron chi connectivity index (χ1n) is 8.62. The second-order valence-corrected chi connectivity index (χ2v) is 7.27. The Hall–Kier alpha value is -1.62. The lowest BCUT2D eigenvalue weighted by atomic mass is 10.1. The monoisotopic (exact) mass is 342 g/mol. The van der Waals surface area contributed by atoms with E-state index < -0.39 is 0 Å². The molecule has 3 rings (SSSR count). The predicted molar refractivity (Wildman–Crippen MR) is 103 cm³/mol. The van der Waals surface area contributed by atoms with Crippen LogP contribution in [0.1, 0.15) is 23.3 Å². The van der Waals surface area contributed by atoms with Gasteiger partial charge in [0.1, 0.15) is 5.75 Å². The highest BCUT2D eigenvalue weighted by molar-refractivity contribution is 7.09. The molecule has 1 aromatic carbocycles. The van der Waals surface area contributed by atoms with Crippen molar-refractivity contribution in [2.24, 2.45) is 0 Å². The normalized spacial score (nSPS) is 19.0. The van der Waals surface area contributed by atoms with E-state index in [1.54, 1.807) is 7.11 Å². The first kappa shape index (κ1) is 17.2. The zero-order valence-corrected chi connectivity index (χ0v) is 15.1. The number of hydrogen-bond donors (Lipinski definition) is 1. The number of nitrogens with zero attached hydrogens (tertiary/aromatic N) is 1. The molecule has 0 amide bonds. The summed E-state index contributed by atoms with van der Waals surface area (Å²) >= 11 is 1.86. The van der Waals surface area contributed by atoms with Crippen LogP contribution in [0.5, 0.6) is 5.75 Å². The average molecular weight is 343 g/mol. The van der Waals surface area contributed by atoms with Gasteiger partial charge in [-0.25, -0.2) is 0 Å². The van der Waals surface area contributed by atoms with Crippen LogP contribution in [0, 0.1) is 0 Å². The highest BCUT2D eigenvalue weighted by Gasteiger charge is 2.19. The molecular formula is C20H26N2OS. The average Bonchev–Trinajstić information content (AvgIpc) is 3.13. The van der Waals surface area contributed by atoms with E-state index in [-0.39, 0.29) is 0 Å². The topological polar surface area (TPSA) is 24.5 Å². The number of likely N-dealkylation sites (tertiary alicyclic amines) is 1. The molecule has 2 heterocycles. The van der Waals surface area contributed by atoms with Crippen LogP contribution in [0.25, 0.3) is 6.08 Å². The molecule has 1 N–H and O–H groups in total. The molecular weight excluding hydrogens is 316 g/mol. The van der Waals surface area contributed by atoms with Gasteiger partial charge in [-0.1, -0.05) is 30.4 Å². The first-order chi connectivity index (χ1) is 11.8. The number of benzene rings is 1. The van der Waals surface area contributed by atoms with Crippen molar-refractivity contribution in [3.8, 4) is 5.75 Å². The summed E-state index contributed by atoms with van der Waals surface area (Å²) in [6.45, 7) is 4.38. The fourth-order valence-electron chi connectivity index (χ4n) is 3.13. The van der Waals surface area contributed by atoms with E-state index in [9.17, 15) is 0 Å². The lowest BCUT2D eigenvalue weighted by Gasteiger charge is -2.32. The number of rotatable bonds is 7.